The van der Waals surface area contributed by atoms with E-state index in [9.17, 15) is 14.4 Å². The predicted octanol–water partition coefficient (Wildman–Crippen LogP) is 4.41. The molecule has 5 aliphatic carbocycles. The molecule has 5 fully saturated rings. The largest absolute Gasteiger partial charge is 0.369 e. The maximum Gasteiger partial charge on any atom is 0.227 e. The summed E-state index contributed by atoms with van der Waals surface area (Å²) in [5, 5.41) is 0. The molecule has 5 heteroatoms. The molecule has 1 aromatic rings. The third kappa shape index (κ3) is 3.54. The van der Waals surface area contributed by atoms with Crippen molar-refractivity contribution in [2.24, 2.45) is 40.2 Å². The summed E-state index contributed by atoms with van der Waals surface area (Å²) in [6.45, 7) is 0.783. The quantitative estimate of drug-likeness (QED) is 0.671. The highest BCUT2D eigenvalue weighted by Gasteiger charge is 2.59. The third-order valence-corrected chi connectivity index (χ3v) is 10.1. The number of nitrogens with zero attached hydrogens (tertiary/aromatic N) is 1. The average Bonchev–Trinajstić information content (AvgIpc) is 3.60. The van der Waals surface area contributed by atoms with Gasteiger partial charge in [0.2, 0.25) is 11.8 Å². The Morgan fingerprint density at radius 1 is 1.03 bits per heavy atom. The standard InChI is InChI=1S/C28H36N2O3/c29-26(33)28-15-18-12-20(16-28)22(21(13-18)17-28)14-24(31)27(9-10-27)8-7-25(32)30-11-3-5-19-4-1-2-6-23(19)30/h1-2,4,6,18,20-22H,3,5,7-17H2,(H2,29,33). The lowest BCUT2D eigenvalue weighted by molar-refractivity contribution is -0.152. The minimum atomic E-state index is -0.287. The van der Waals surface area contributed by atoms with E-state index in [4.69, 9.17) is 5.73 Å². The van der Waals surface area contributed by atoms with Crippen molar-refractivity contribution in [3.05, 3.63) is 29.8 Å². The second-order valence-electron chi connectivity index (χ2n) is 12.0. The molecule has 4 bridgehead atoms. The molecule has 1 aliphatic heterocycles. The molecule has 5 nitrogen and oxygen atoms in total. The lowest BCUT2D eigenvalue weighted by atomic mass is 9.45. The number of para-hydroxylation sites is 1. The van der Waals surface area contributed by atoms with Crippen molar-refractivity contribution >= 4 is 23.3 Å². The molecule has 2 unspecified atom stereocenters. The Morgan fingerprint density at radius 3 is 2.45 bits per heavy atom. The zero-order valence-corrected chi connectivity index (χ0v) is 19.6. The number of amides is 2. The van der Waals surface area contributed by atoms with Gasteiger partial charge in [-0.25, -0.2) is 0 Å². The molecular weight excluding hydrogens is 412 g/mol. The van der Waals surface area contributed by atoms with Crippen LogP contribution in [0.2, 0.25) is 0 Å². The van der Waals surface area contributed by atoms with Crippen LogP contribution in [0.1, 0.15) is 76.2 Å². The van der Waals surface area contributed by atoms with Gasteiger partial charge >= 0.3 is 0 Å². The number of hydrogen-bond donors (Lipinski definition) is 1. The molecule has 1 aromatic carbocycles. The van der Waals surface area contributed by atoms with Crippen molar-refractivity contribution < 1.29 is 14.4 Å². The van der Waals surface area contributed by atoms with Crippen LogP contribution in [0, 0.1) is 34.5 Å². The number of carbonyl (C=O) groups excluding carboxylic acids is 3. The zero-order chi connectivity index (χ0) is 22.8. The first-order valence-electron chi connectivity index (χ1n) is 13.1. The summed E-state index contributed by atoms with van der Waals surface area (Å²) in [4.78, 5) is 40.8. The Kier molecular flexibility index (Phi) is 4.97. The number of anilines is 1. The van der Waals surface area contributed by atoms with Crippen LogP contribution in [0.4, 0.5) is 5.69 Å². The molecule has 0 spiro atoms. The highest BCUT2D eigenvalue weighted by Crippen LogP contribution is 2.63. The normalized spacial score (nSPS) is 35.2. The Bertz CT molecular complexity index is 981. The molecular formula is C28H36N2O3. The average molecular weight is 449 g/mol. The van der Waals surface area contributed by atoms with Gasteiger partial charge in [0, 0.05) is 35.9 Å². The van der Waals surface area contributed by atoms with Gasteiger partial charge in [0.15, 0.2) is 0 Å². The van der Waals surface area contributed by atoms with Crippen molar-refractivity contribution in [1.29, 1.82) is 0 Å². The number of nitrogens with two attached hydrogens (primary N) is 1. The van der Waals surface area contributed by atoms with Crippen LogP contribution in [0.5, 0.6) is 0 Å². The monoisotopic (exact) mass is 448 g/mol. The van der Waals surface area contributed by atoms with Gasteiger partial charge in [0.25, 0.3) is 0 Å². The van der Waals surface area contributed by atoms with E-state index in [1.807, 2.05) is 17.0 Å². The molecule has 2 amide bonds. The molecule has 0 aromatic heterocycles. The van der Waals surface area contributed by atoms with E-state index in [2.05, 4.69) is 12.1 Å². The molecule has 7 rings (SSSR count). The van der Waals surface area contributed by atoms with E-state index in [1.54, 1.807) is 0 Å². The molecule has 1 heterocycles. The van der Waals surface area contributed by atoms with E-state index >= 15 is 0 Å². The molecule has 5 saturated carbocycles. The Balaban J connectivity index is 1.09. The Labute approximate surface area is 196 Å². The van der Waals surface area contributed by atoms with E-state index in [0.29, 0.717) is 48.7 Å². The molecule has 0 radical (unpaired) electrons. The first-order valence-corrected chi connectivity index (χ1v) is 13.1. The summed E-state index contributed by atoms with van der Waals surface area (Å²) in [6, 6.07) is 8.22. The lowest BCUT2D eigenvalue weighted by Crippen LogP contribution is -2.56. The fourth-order valence-corrected chi connectivity index (χ4v) is 8.29. The highest BCUT2D eigenvalue weighted by molar-refractivity contribution is 5.95. The SMILES string of the molecule is NC(=O)C12CC3CC(C1)C(CC(=O)C1(CCC(=O)N4CCCc5ccccc54)CC1)C(C3)C2. The van der Waals surface area contributed by atoms with Gasteiger partial charge in [-0.15, -0.1) is 0 Å². The second-order valence-corrected chi connectivity index (χ2v) is 12.0. The van der Waals surface area contributed by atoms with Crippen LogP contribution in [-0.4, -0.2) is 24.1 Å². The van der Waals surface area contributed by atoms with Crippen LogP contribution < -0.4 is 10.6 Å². The number of primary amides is 1. The lowest BCUT2D eigenvalue weighted by Gasteiger charge is -2.59. The number of carbonyl (C=O) groups is 3. The van der Waals surface area contributed by atoms with Crippen LogP contribution in [0.25, 0.3) is 0 Å². The number of ketones is 1. The summed E-state index contributed by atoms with van der Waals surface area (Å²) in [5.41, 5.74) is 7.60. The second kappa shape index (κ2) is 7.68. The van der Waals surface area contributed by atoms with Crippen molar-refractivity contribution in [2.75, 3.05) is 11.4 Å². The Morgan fingerprint density at radius 2 is 1.76 bits per heavy atom. The van der Waals surface area contributed by atoms with Gasteiger partial charge in [-0.3, -0.25) is 14.4 Å². The zero-order valence-electron chi connectivity index (χ0n) is 19.6. The van der Waals surface area contributed by atoms with Gasteiger partial charge < -0.3 is 10.6 Å². The van der Waals surface area contributed by atoms with Gasteiger partial charge in [-0.2, -0.15) is 0 Å². The number of hydrogen-bond acceptors (Lipinski definition) is 3. The molecule has 0 saturated heterocycles. The summed E-state index contributed by atoms with van der Waals surface area (Å²) < 4.78 is 0. The number of aryl methyl sites for hydroxylation is 1. The fraction of sp³-hybridized carbons (Fsp3) is 0.679. The van der Waals surface area contributed by atoms with Crippen LogP contribution in [0.15, 0.2) is 24.3 Å². The minimum absolute atomic E-state index is 0.108. The first-order chi connectivity index (χ1) is 15.9. The van der Waals surface area contributed by atoms with Gasteiger partial charge in [-0.1, -0.05) is 18.2 Å². The smallest absolute Gasteiger partial charge is 0.227 e. The number of fused-ring (bicyclic) bond motifs is 1. The maximum atomic E-state index is 13.5. The van der Waals surface area contributed by atoms with Crippen molar-refractivity contribution in [3.8, 4) is 0 Å². The summed E-state index contributed by atoms with van der Waals surface area (Å²) >= 11 is 0. The van der Waals surface area contributed by atoms with Crippen LogP contribution in [-0.2, 0) is 20.8 Å². The molecule has 2 atom stereocenters. The predicted molar refractivity (Wildman–Crippen MR) is 126 cm³/mol. The molecule has 2 N–H and O–H groups in total. The van der Waals surface area contributed by atoms with E-state index in [1.165, 1.54) is 18.4 Å². The topological polar surface area (TPSA) is 80.5 Å². The van der Waals surface area contributed by atoms with E-state index in [-0.39, 0.29) is 22.6 Å². The van der Waals surface area contributed by atoms with E-state index < -0.39 is 0 Å². The van der Waals surface area contributed by atoms with Crippen LogP contribution >= 0.6 is 0 Å². The van der Waals surface area contributed by atoms with Crippen molar-refractivity contribution in [1.82, 2.24) is 0 Å². The maximum absolute atomic E-state index is 13.5. The molecule has 176 valence electrons. The number of rotatable bonds is 7. The fourth-order valence-electron chi connectivity index (χ4n) is 8.29. The van der Waals surface area contributed by atoms with Crippen molar-refractivity contribution in [3.63, 3.8) is 0 Å². The summed E-state index contributed by atoms with van der Waals surface area (Å²) in [6.07, 6.45) is 10.8. The van der Waals surface area contributed by atoms with Crippen LogP contribution in [0.3, 0.4) is 0 Å². The van der Waals surface area contributed by atoms with Gasteiger partial charge in [0.1, 0.15) is 5.78 Å². The molecule has 6 aliphatic rings. The first kappa shape index (κ1) is 21.4. The molecule has 33 heavy (non-hydrogen) atoms. The third-order valence-electron chi connectivity index (χ3n) is 10.1. The minimum Gasteiger partial charge on any atom is -0.369 e. The Hall–Kier alpha value is -2.17. The van der Waals surface area contributed by atoms with E-state index in [0.717, 1.165) is 57.2 Å². The summed E-state index contributed by atoms with van der Waals surface area (Å²) in [7, 11) is 0. The number of Topliss-reactive ketones (excluding diaryl/α,β-unsaturated/α-hetero) is 1. The highest BCUT2D eigenvalue weighted by atomic mass is 16.2. The van der Waals surface area contributed by atoms with Crippen molar-refractivity contribution in [2.45, 2.75) is 77.0 Å². The summed E-state index contributed by atoms with van der Waals surface area (Å²) in [5.74, 6) is 2.46. The van der Waals surface area contributed by atoms with Gasteiger partial charge in [0.05, 0.1) is 0 Å². The number of benzene rings is 1. The van der Waals surface area contributed by atoms with Gasteiger partial charge in [-0.05, 0) is 99.5 Å².